The second kappa shape index (κ2) is 8.55. The van der Waals surface area contributed by atoms with Gasteiger partial charge in [0.1, 0.15) is 0 Å². The van der Waals surface area contributed by atoms with E-state index >= 15 is 0 Å². The molecule has 130 valence electrons. The number of fused-ring (bicyclic) bond motifs is 1. The van der Waals surface area contributed by atoms with E-state index in [1.54, 1.807) is 6.07 Å². The number of unbranched alkanes of at least 4 members (excludes halogenated alkanes) is 3. The van der Waals surface area contributed by atoms with Crippen molar-refractivity contribution >= 4 is 34.1 Å². The van der Waals surface area contributed by atoms with Crippen LogP contribution in [0.5, 0.6) is 0 Å². The first-order valence-corrected chi connectivity index (χ1v) is 9.44. The number of benzene rings is 2. The van der Waals surface area contributed by atoms with Gasteiger partial charge in [0.2, 0.25) is 5.56 Å². The van der Waals surface area contributed by atoms with Gasteiger partial charge in [-0.2, -0.15) is 0 Å². The van der Waals surface area contributed by atoms with Crippen molar-refractivity contribution in [2.24, 2.45) is 0 Å². The third-order valence-corrected chi connectivity index (χ3v) is 5.22. The van der Waals surface area contributed by atoms with Crippen molar-refractivity contribution < 1.29 is 0 Å². The fourth-order valence-corrected chi connectivity index (χ4v) is 3.50. The summed E-state index contributed by atoms with van der Waals surface area (Å²) in [7, 11) is 0. The second-order valence-corrected chi connectivity index (χ2v) is 7.18. The number of nitrogens with one attached hydrogen (secondary N) is 1. The van der Waals surface area contributed by atoms with Gasteiger partial charge in [-0.1, -0.05) is 60.3 Å². The molecule has 1 heterocycles. The molecule has 4 heteroatoms. The van der Waals surface area contributed by atoms with E-state index in [0.717, 1.165) is 48.6 Å². The molecular formula is C21H21Cl2NO. The van der Waals surface area contributed by atoms with Crippen molar-refractivity contribution in [2.75, 3.05) is 0 Å². The molecule has 0 unspecified atom stereocenters. The largest absolute Gasteiger partial charge is 0.322 e. The maximum Gasteiger partial charge on any atom is 0.248 e. The number of aromatic amines is 1. The summed E-state index contributed by atoms with van der Waals surface area (Å²) in [5, 5.41) is 2.38. The van der Waals surface area contributed by atoms with E-state index in [1.807, 2.05) is 36.4 Å². The topological polar surface area (TPSA) is 32.9 Å². The minimum absolute atomic E-state index is 0.0201. The summed E-state index contributed by atoms with van der Waals surface area (Å²) in [6.07, 6.45) is 6.51. The molecule has 0 fully saturated rings. The van der Waals surface area contributed by atoms with Crippen LogP contribution in [0.15, 0.2) is 53.3 Å². The fraction of sp³-hybridized carbons (Fsp3) is 0.286. The van der Waals surface area contributed by atoms with E-state index in [0.29, 0.717) is 10.0 Å². The minimum atomic E-state index is -0.0201. The SMILES string of the molecule is O=c1cc(CCCCCCc2ccc(Cl)c(Cl)c2)c2ccccc2[nH]1. The molecule has 0 radical (unpaired) electrons. The van der Waals surface area contributed by atoms with Gasteiger partial charge in [-0.3, -0.25) is 4.79 Å². The van der Waals surface area contributed by atoms with Crippen LogP contribution in [0.1, 0.15) is 36.8 Å². The van der Waals surface area contributed by atoms with Crippen molar-refractivity contribution in [1.82, 2.24) is 4.98 Å². The van der Waals surface area contributed by atoms with Crippen molar-refractivity contribution in [3.05, 3.63) is 80.1 Å². The predicted molar refractivity (Wildman–Crippen MR) is 107 cm³/mol. The second-order valence-electron chi connectivity index (χ2n) is 6.37. The molecular weight excluding hydrogens is 353 g/mol. The number of hydrogen-bond donors (Lipinski definition) is 1. The first-order valence-electron chi connectivity index (χ1n) is 8.68. The van der Waals surface area contributed by atoms with Crippen LogP contribution in [0.3, 0.4) is 0 Å². The third kappa shape index (κ3) is 4.87. The highest BCUT2D eigenvalue weighted by molar-refractivity contribution is 6.42. The molecule has 2 aromatic carbocycles. The summed E-state index contributed by atoms with van der Waals surface area (Å²) in [6, 6.07) is 15.6. The zero-order valence-corrected chi connectivity index (χ0v) is 15.5. The molecule has 0 aliphatic heterocycles. The third-order valence-electron chi connectivity index (χ3n) is 4.48. The summed E-state index contributed by atoms with van der Waals surface area (Å²) in [5.41, 5.74) is 3.27. The van der Waals surface area contributed by atoms with Gasteiger partial charge in [-0.05, 0) is 55.0 Å². The first kappa shape index (κ1) is 18.0. The number of H-pyrrole nitrogens is 1. The van der Waals surface area contributed by atoms with E-state index in [1.165, 1.54) is 12.0 Å². The normalized spacial score (nSPS) is 11.1. The quantitative estimate of drug-likeness (QED) is 0.492. The smallest absolute Gasteiger partial charge is 0.248 e. The number of halogens is 2. The lowest BCUT2D eigenvalue weighted by Gasteiger charge is -2.07. The zero-order valence-electron chi connectivity index (χ0n) is 14.0. The molecule has 0 spiro atoms. The molecule has 0 saturated heterocycles. The highest BCUT2D eigenvalue weighted by atomic mass is 35.5. The van der Waals surface area contributed by atoms with Crippen LogP contribution in [0.25, 0.3) is 10.9 Å². The maximum atomic E-state index is 11.8. The number of hydrogen-bond acceptors (Lipinski definition) is 1. The average molecular weight is 374 g/mol. The highest BCUT2D eigenvalue weighted by Crippen LogP contribution is 2.23. The Kier molecular flexibility index (Phi) is 6.17. The monoisotopic (exact) mass is 373 g/mol. The Bertz CT molecular complexity index is 917. The van der Waals surface area contributed by atoms with Crippen LogP contribution in [0, 0.1) is 0 Å². The molecule has 0 atom stereocenters. The van der Waals surface area contributed by atoms with E-state index in [2.05, 4.69) is 11.1 Å². The molecule has 2 nitrogen and oxygen atoms in total. The molecule has 25 heavy (non-hydrogen) atoms. The Hall–Kier alpha value is -1.77. The van der Waals surface area contributed by atoms with Crippen LogP contribution in [0.4, 0.5) is 0 Å². The molecule has 3 rings (SSSR count). The van der Waals surface area contributed by atoms with Crippen molar-refractivity contribution in [1.29, 1.82) is 0 Å². The van der Waals surface area contributed by atoms with E-state index < -0.39 is 0 Å². The number of para-hydroxylation sites is 1. The van der Waals surface area contributed by atoms with E-state index in [4.69, 9.17) is 23.2 Å². The van der Waals surface area contributed by atoms with Crippen molar-refractivity contribution in [3.63, 3.8) is 0 Å². The summed E-state index contributed by atoms with van der Waals surface area (Å²) in [5.74, 6) is 0. The molecule has 0 aliphatic rings. The fourth-order valence-electron chi connectivity index (χ4n) is 3.18. The standard InChI is InChI=1S/C21H21Cl2NO/c22-18-12-11-15(13-19(18)23)7-3-1-2-4-8-16-14-21(25)24-20-10-6-5-9-17(16)20/h5-6,9-14H,1-4,7-8H2,(H,24,25). The van der Waals surface area contributed by atoms with Gasteiger partial charge >= 0.3 is 0 Å². The first-order chi connectivity index (χ1) is 12.1. The Morgan fingerprint density at radius 3 is 2.36 bits per heavy atom. The predicted octanol–water partition coefficient (Wildman–Crippen LogP) is 6.18. The molecule has 0 saturated carbocycles. The Labute approximate surface area is 157 Å². The zero-order chi connectivity index (χ0) is 17.6. The lowest BCUT2D eigenvalue weighted by atomic mass is 10.0. The molecule has 0 amide bonds. The summed E-state index contributed by atoms with van der Waals surface area (Å²) in [6.45, 7) is 0. The number of aromatic nitrogens is 1. The lowest BCUT2D eigenvalue weighted by Crippen LogP contribution is -2.06. The summed E-state index contributed by atoms with van der Waals surface area (Å²) in [4.78, 5) is 14.7. The van der Waals surface area contributed by atoms with E-state index in [-0.39, 0.29) is 5.56 Å². The van der Waals surface area contributed by atoms with Crippen LogP contribution in [-0.2, 0) is 12.8 Å². The Morgan fingerprint density at radius 1 is 0.800 bits per heavy atom. The van der Waals surface area contributed by atoms with Gasteiger partial charge in [0.25, 0.3) is 0 Å². The van der Waals surface area contributed by atoms with E-state index in [9.17, 15) is 4.79 Å². The van der Waals surface area contributed by atoms with Gasteiger partial charge in [-0.25, -0.2) is 0 Å². The number of pyridine rings is 1. The van der Waals surface area contributed by atoms with Gasteiger partial charge in [0.05, 0.1) is 10.0 Å². The average Bonchev–Trinajstić information content (AvgIpc) is 2.60. The highest BCUT2D eigenvalue weighted by Gasteiger charge is 2.03. The van der Waals surface area contributed by atoms with Crippen molar-refractivity contribution in [3.8, 4) is 0 Å². The Balaban J connectivity index is 1.47. The van der Waals surface area contributed by atoms with Crippen molar-refractivity contribution in [2.45, 2.75) is 38.5 Å². The van der Waals surface area contributed by atoms with Crippen LogP contribution in [0.2, 0.25) is 10.0 Å². The molecule has 1 aromatic heterocycles. The number of aryl methyl sites for hydroxylation is 2. The lowest BCUT2D eigenvalue weighted by molar-refractivity contribution is 0.641. The minimum Gasteiger partial charge on any atom is -0.322 e. The maximum absolute atomic E-state index is 11.8. The van der Waals surface area contributed by atoms with Gasteiger partial charge in [0, 0.05) is 17.0 Å². The van der Waals surface area contributed by atoms with Crippen LogP contribution < -0.4 is 5.56 Å². The molecule has 0 bridgehead atoms. The molecule has 1 N–H and O–H groups in total. The van der Waals surface area contributed by atoms with Gasteiger partial charge in [-0.15, -0.1) is 0 Å². The van der Waals surface area contributed by atoms with Gasteiger partial charge < -0.3 is 4.98 Å². The molecule has 3 aromatic rings. The summed E-state index contributed by atoms with van der Waals surface area (Å²) < 4.78 is 0. The molecule has 0 aliphatic carbocycles. The Morgan fingerprint density at radius 2 is 1.56 bits per heavy atom. The summed E-state index contributed by atoms with van der Waals surface area (Å²) >= 11 is 12.0. The van der Waals surface area contributed by atoms with Crippen LogP contribution in [-0.4, -0.2) is 4.98 Å². The van der Waals surface area contributed by atoms with Crippen LogP contribution >= 0.6 is 23.2 Å². The van der Waals surface area contributed by atoms with Gasteiger partial charge in [0.15, 0.2) is 0 Å². The number of rotatable bonds is 7.